The van der Waals surface area contributed by atoms with Gasteiger partial charge in [0.25, 0.3) is 5.56 Å². The Bertz CT molecular complexity index is 1080. The van der Waals surface area contributed by atoms with Gasteiger partial charge in [-0.1, -0.05) is 18.2 Å². The summed E-state index contributed by atoms with van der Waals surface area (Å²) in [5, 5.41) is 10.9. The molecule has 3 aromatic rings. The van der Waals surface area contributed by atoms with Crippen molar-refractivity contribution in [3.8, 4) is 5.69 Å². The lowest BCUT2D eigenvalue weighted by Crippen LogP contribution is -2.14. The molecular formula is C16H13N4O4S-. The monoisotopic (exact) mass is 357 g/mol. The Labute approximate surface area is 143 Å². The van der Waals surface area contributed by atoms with Crippen LogP contribution in [0.4, 0.5) is 11.4 Å². The topological polar surface area (TPSA) is 120 Å². The van der Waals surface area contributed by atoms with Crippen LogP contribution in [0.25, 0.3) is 5.69 Å². The van der Waals surface area contributed by atoms with Crippen molar-refractivity contribution in [2.45, 2.75) is 11.8 Å². The number of hydrogen-bond donors (Lipinski definition) is 1. The van der Waals surface area contributed by atoms with Crippen LogP contribution in [-0.4, -0.2) is 22.8 Å². The summed E-state index contributed by atoms with van der Waals surface area (Å²) in [7, 11) is -4.54. The van der Waals surface area contributed by atoms with Crippen molar-refractivity contribution in [1.29, 1.82) is 0 Å². The lowest BCUT2D eigenvalue weighted by molar-refractivity contribution is 0.463. The summed E-state index contributed by atoms with van der Waals surface area (Å²) in [6, 6.07) is 14.0. The first-order valence-corrected chi connectivity index (χ1v) is 8.62. The Hall–Kier alpha value is -3.04. The molecule has 1 aromatic heterocycles. The Morgan fingerprint density at radius 1 is 1.00 bits per heavy atom. The zero-order valence-corrected chi connectivity index (χ0v) is 13.9. The summed E-state index contributed by atoms with van der Waals surface area (Å²) in [6.45, 7) is 1.67. The van der Waals surface area contributed by atoms with Crippen molar-refractivity contribution in [2.75, 3.05) is 0 Å². The van der Waals surface area contributed by atoms with Gasteiger partial charge in [0.05, 0.1) is 22.0 Å². The number of azo groups is 1. The molecule has 9 heteroatoms. The minimum atomic E-state index is -4.54. The van der Waals surface area contributed by atoms with Gasteiger partial charge in [-0.2, -0.15) is 5.11 Å². The van der Waals surface area contributed by atoms with Crippen LogP contribution in [0.2, 0.25) is 0 Å². The molecule has 0 aliphatic heterocycles. The fourth-order valence-corrected chi connectivity index (χ4v) is 2.67. The highest BCUT2D eigenvalue weighted by molar-refractivity contribution is 7.85. The van der Waals surface area contributed by atoms with E-state index in [4.69, 9.17) is 0 Å². The van der Waals surface area contributed by atoms with Gasteiger partial charge in [0.2, 0.25) is 0 Å². The van der Waals surface area contributed by atoms with E-state index in [1.165, 1.54) is 16.8 Å². The molecule has 0 radical (unpaired) electrons. The average molecular weight is 357 g/mol. The molecule has 0 saturated carbocycles. The minimum absolute atomic E-state index is 0.143. The zero-order valence-electron chi connectivity index (χ0n) is 13.1. The van der Waals surface area contributed by atoms with Gasteiger partial charge in [-0.3, -0.25) is 9.89 Å². The summed E-state index contributed by atoms with van der Waals surface area (Å²) in [5.74, 6) is 0. The Kier molecular flexibility index (Phi) is 4.34. The maximum absolute atomic E-state index is 12.5. The second kappa shape index (κ2) is 6.46. The number of aromatic nitrogens is 2. The predicted molar refractivity (Wildman–Crippen MR) is 89.7 cm³/mol. The molecule has 0 atom stereocenters. The van der Waals surface area contributed by atoms with Gasteiger partial charge in [-0.05, 0) is 43.3 Å². The molecule has 2 aromatic carbocycles. The summed E-state index contributed by atoms with van der Waals surface area (Å²) < 4.78 is 34.1. The molecule has 0 unspecified atom stereocenters. The van der Waals surface area contributed by atoms with Gasteiger partial charge in [0.15, 0.2) is 5.69 Å². The molecule has 0 saturated heterocycles. The number of rotatable bonds is 4. The fraction of sp³-hybridized carbons (Fsp3) is 0.0625. The number of benzene rings is 2. The quantitative estimate of drug-likeness (QED) is 0.570. The maximum Gasteiger partial charge on any atom is 0.299 e. The van der Waals surface area contributed by atoms with E-state index in [0.29, 0.717) is 17.1 Å². The van der Waals surface area contributed by atoms with Crippen LogP contribution >= 0.6 is 0 Å². The van der Waals surface area contributed by atoms with Gasteiger partial charge in [0.1, 0.15) is 10.1 Å². The average Bonchev–Trinajstić information content (AvgIpc) is 2.87. The third-order valence-corrected chi connectivity index (χ3v) is 4.30. The maximum atomic E-state index is 12.5. The summed E-state index contributed by atoms with van der Waals surface area (Å²) in [4.78, 5) is 12.1. The molecule has 25 heavy (non-hydrogen) atoms. The first kappa shape index (κ1) is 16.8. The largest absolute Gasteiger partial charge is 0.744 e. The van der Waals surface area contributed by atoms with Crippen molar-refractivity contribution in [2.24, 2.45) is 10.2 Å². The SMILES string of the molecule is Cc1[nH]n(-c2ccc(S(=O)(=O)[O-])cc2)c(=O)c1N=Nc1ccccc1. The molecule has 8 nitrogen and oxygen atoms in total. The fourth-order valence-electron chi connectivity index (χ4n) is 2.20. The van der Waals surface area contributed by atoms with E-state index in [2.05, 4.69) is 15.3 Å². The number of aromatic amines is 1. The van der Waals surface area contributed by atoms with Crippen molar-refractivity contribution in [1.82, 2.24) is 9.78 Å². The molecule has 0 amide bonds. The van der Waals surface area contributed by atoms with E-state index in [1.807, 2.05) is 18.2 Å². The normalized spacial score (nSPS) is 11.9. The lowest BCUT2D eigenvalue weighted by Gasteiger charge is -2.07. The Morgan fingerprint density at radius 3 is 2.24 bits per heavy atom. The van der Waals surface area contributed by atoms with Gasteiger partial charge >= 0.3 is 0 Å². The summed E-state index contributed by atoms with van der Waals surface area (Å²) >= 11 is 0. The summed E-state index contributed by atoms with van der Waals surface area (Å²) in [6.07, 6.45) is 0. The third kappa shape index (κ3) is 3.57. The molecule has 0 aliphatic rings. The lowest BCUT2D eigenvalue weighted by atomic mass is 10.3. The van der Waals surface area contributed by atoms with E-state index in [1.54, 1.807) is 19.1 Å². The van der Waals surface area contributed by atoms with Crippen LogP contribution in [0, 0.1) is 6.92 Å². The first-order valence-electron chi connectivity index (χ1n) is 7.21. The van der Waals surface area contributed by atoms with Gasteiger partial charge in [-0.15, -0.1) is 5.11 Å². The number of nitrogens with one attached hydrogen (secondary N) is 1. The van der Waals surface area contributed by atoms with Crippen molar-refractivity contribution < 1.29 is 13.0 Å². The second-order valence-corrected chi connectivity index (χ2v) is 6.59. The van der Waals surface area contributed by atoms with E-state index in [9.17, 15) is 17.8 Å². The third-order valence-electron chi connectivity index (χ3n) is 3.45. The van der Waals surface area contributed by atoms with E-state index in [0.717, 1.165) is 12.1 Å². The van der Waals surface area contributed by atoms with Crippen LogP contribution in [0.5, 0.6) is 0 Å². The van der Waals surface area contributed by atoms with Gasteiger partial charge in [0, 0.05) is 0 Å². The van der Waals surface area contributed by atoms with Crippen molar-refractivity contribution in [3.05, 3.63) is 70.6 Å². The molecule has 0 bridgehead atoms. The summed E-state index contributed by atoms with van der Waals surface area (Å²) in [5.41, 5.74) is 1.20. The molecule has 128 valence electrons. The number of H-pyrrole nitrogens is 1. The molecule has 3 rings (SSSR count). The minimum Gasteiger partial charge on any atom is -0.744 e. The molecule has 1 N–H and O–H groups in total. The predicted octanol–water partition coefficient (Wildman–Crippen LogP) is 2.79. The van der Waals surface area contributed by atoms with Gasteiger partial charge < -0.3 is 4.55 Å². The molecule has 0 fully saturated rings. The molecular weight excluding hydrogens is 344 g/mol. The highest BCUT2D eigenvalue weighted by Gasteiger charge is 2.12. The smallest absolute Gasteiger partial charge is 0.299 e. The van der Waals surface area contributed by atoms with E-state index < -0.39 is 15.7 Å². The Morgan fingerprint density at radius 2 is 1.64 bits per heavy atom. The van der Waals surface area contributed by atoms with Crippen molar-refractivity contribution in [3.63, 3.8) is 0 Å². The standard InChI is InChI=1S/C16H14N4O4S/c1-11-15(18-17-12-5-3-2-4-6-12)16(21)20(19-11)13-7-9-14(10-8-13)25(22,23)24/h2-10,19H,1H3,(H,22,23,24)/p-1. The zero-order chi connectivity index (χ0) is 18.0. The molecule has 0 aliphatic carbocycles. The van der Waals surface area contributed by atoms with Crippen LogP contribution in [0.3, 0.4) is 0 Å². The van der Waals surface area contributed by atoms with E-state index in [-0.39, 0.29) is 10.6 Å². The Balaban J connectivity index is 1.97. The molecule has 1 heterocycles. The second-order valence-electron chi connectivity index (χ2n) is 5.21. The number of nitrogens with zero attached hydrogens (tertiary/aromatic N) is 3. The van der Waals surface area contributed by atoms with Crippen LogP contribution in [0.15, 0.2) is 74.5 Å². The van der Waals surface area contributed by atoms with E-state index >= 15 is 0 Å². The number of hydrogen-bond acceptors (Lipinski definition) is 6. The first-order chi connectivity index (χ1) is 11.9. The highest BCUT2D eigenvalue weighted by atomic mass is 32.2. The van der Waals surface area contributed by atoms with Crippen LogP contribution < -0.4 is 5.56 Å². The van der Waals surface area contributed by atoms with Crippen LogP contribution in [0.1, 0.15) is 5.69 Å². The molecule has 0 spiro atoms. The van der Waals surface area contributed by atoms with Crippen molar-refractivity contribution >= 4 is 21.5 Å². The highest BCUT2D eigenvalue weighted by Crippen LogP contribution is 2.19. The number of aryl methyl sites for hydroxylation is 1. The van der Waals surface area contributed by atoms with Gasteiger partial charge in [-0.25, -0.2) is 13.1 Å². The van der Waals surface area contributed by atoms with Crippen LogP contribution in [-0.2, 0) is 10.1 Å².